The molecule has 3 nitrogen and oxygen atoms in total. The van der Waals surface area contributed by atoms with Gasteiger partial charge >= 0.3 is 0 Å². The van der Waals surface area contributed by atoms with Gasteiger partial charge in [-0.3, -0.25) is 16.3 Å². The number of aromatic nitrogens is 1. The van der Waals surface area contributed by atoms with Crippen LogP contribution in [-0.4, -0.2) is 4.98 Å². The quantitative estimate of drug-likeness (QED) is 0.671. The van der Waals surface area contributed by atoms with E-state index in [-0.39, 0.29) is 6.04 Å². The van der Waals surface area contributed by atoms with Gasteiger partial charge in [0.1, 0.15) is 0 Å². The van der Waals surface area contributed by atoms with Crippen molar-refractivity contribution in [3.05, 3.63) is 63.9 Å². The van der Waals surface area contributed by atoms with Crippen LogP contribution >= 0.6 is 11.6 Å². The fourth-order valence-corrected chi connectivity index (χ4v) is 3.07. The van der Waals surface area contributed by atoms with Crippen LogP contribution in [0.3, 0.4) is 0 Å². The van der Waals surface area contributed by atoms with Crippen molar-refractivity contribution in [2.24, 2.45) is 5.84 Å². The van der Waals surface area contributed by atoms with Crippen LogP contribution in [0.4, 0.5) is 0 Å². The Balaban J connectivity index is 1.85. The Morgan fingerprint density at radius 3 is 2.90 bits per heavy atom. The number of fused-ring (bicyclic) bond motifs is 1. The molecule has 1 aliphatic rings. The Bertz CT molecular complexity index is 612. The Labute approximate surface area is 124 Å². The third-order valence-corrected chi connectivity index (χ3v) is 4.35. The summed E-state index contributed by atoms with van der Waals surface area (Å²) < 4.78 is 0. The predicted molar refractivity (Wildman–Crippen MR) is 81.5 cm³/mol. The molecule has 0 fully saturated rings. The third-order valence-electron chi connectivity index (χ3n) is 4.01. The Kier molecular flexibility index (Phi) is 4.01. The highest BCUT2D eigenvalue weighted by molar-refractivity contribution is 6.31. The molecule has 1 heterocycles. The molecule has 1 aromatic heterocycles. The molecule has 2 aromatic rings. The zero-order valence-corrected chi connectivity index (χ0v) is 12.0. The molecule has 104 valence electrons. The summed E-state index contributed by atoms with van der Waals surface area (Å²) in [5, 5.41) is 0.689. The summed E-state index contributed by atoms with van der Waals surface area (Å²) in [7, 11) is 0. The van der Waals surface area contributed by atoms with Gasteiger partial charge in [-0.2, -0.15) is 0 Å². The van der Waals surface area contributed by atoms with E-state index in [9.17, 15) is 0 Å². The minimum atomic E-state index is 0.0702. The number of hydrogen-bond donors (Lipinski definition) is 2. The highest BCUT2D eigenvalue weighted by Crippen LogP contribution is 2.27. The van der Waals surface area contributed by atoms with Crippen LogP contribution < -0.4 is 11.3 Å². The van der Waals surface area contributed by atoms with Crippen molar-refractivity contribution in [2.75, 3.05) is 0 Å². The van der Waals surface area contributed by atoms with Crippen LogP contribution in [0, 0.1) is 0 Å². The van der Waals surface area contributed by atoms with Crippen molar-refractivity contribution < 1.29 is 0 Å². The van der Waals surface area contributed by atoms with Gasteiger partial charge in [-0.25, -0.2) is 0 Å². The van der Waals surface area contributed by atoms with Gasteiger partial charge in [-0.1, -0.05) is 29.8 Å². The van der Waals surface area contributed by atoms with E-state index in [1.807, 2.05) is 6.07 Å². The summed E-state index contributed by atoms with van der Waals surface area (Å²) in [6, 6.07) is 8.70. The molecule has 1 aromatic carbocycles. The maximum Gasteiger partial charge on any atom is 0.0622 e. The summed E-state index contributed by atoms with van der Waals surface area (Å²) in [5.74, 6) is 5.74. The van der Waals surface area contributed by atoms with Crippen molar-refractivity contribution in [2.45, 2.75) is 31.7 Å². The minimum Gasteiger partial charge on any atom is -0.271 e. The largest absolute Gasteiger partial charge is 0.271 e. The van der Waals surface area contributed by atoms with E-state index in [1.54, 1.807) is 12.4 Å². The van der Waals surface area contributed by atoms with Crippen molar-refractivity contribution in [1.29, 1.82) is 0 Å². The standard InChI is InChI=1S/C16H18ClN3/c17-15-10-19-7-6-13(15)9-16(20-18)14-5-4-11-2-1-3-12(11)8-14/h4-8,10,16,20H,1-3,9,18H2. The first-order chi connectivity index (χ1) is 9.78. The molecular formula is C16H18ClN3. The van der Waals surface area contributed by atoms with Crippen LogP contribution in [0.1, 0.15) is 34.7 Å². The Hall–Kier alpha value is -1.42. The first-order valence-electron chi connectivity index (χ1n) is 6.94. The van der Waals surface area contributed by atoms with E-state index in [2.05, 4.69) is 28.6 Å². The smallest absolute Gasteiger partial charge is 0.0622 e. The second-order valence-corrected chi connectivity index (χ2v) is 5.68. The molecule has 1 aliphatic carbocycles. The molecule has 0 saturated carbocycles. The molecule has 0 saturated heterocycles. The molecule has 0 amide bonds. The van der Waals surface area contributed by atoms with Gasteiger partial charge in [0, 0.05) is 12.4 Å². The first kappa shape index (κ1) is 13.6. The fourth-order valence-electron chi connectivity index (χ4n) is 2.87. The van der Waals surface area contributed by atoms with E-state index < -0.39 is 0 Å². The number of halogens is 1. The molecular weight excluding hydrogens is 270 g/mol. The summed E-state index contributed by atoms with van der Waals surface area (Å²) in [6.45, 7) is 0. The zero-order valence-electron chi connectivity index (χ0n) is 11.3. The van der Waals surface area contributed by atoms with E-state index in [4.69, 9.17) is 17.4 Å². The van der Waals surface area contributed by atoms with Gasteiger partial charge in [0.25, 0.3) is 0 Å². The average Bonchev–Trinajstić information content (AvgIpc) is 2.94. The number of nitrogens with zero attached hydrogens (tertiary/aromatic N) is 1. The first-order valence-corrected chi connectivity index (χ1v) is 7.32. The van der Waals surface area contributed by atoms with Gasteiger partial charge in [-0.05, 0) is 54.0 Å². The number of aryl methyl sites for hydroxylation is 2. The van der Waals surface area contributed by atoms with E-state index >= 15 is 0 Å². The Morgan fingerprint density at radius 2 is 2.10 bits per heavy atom. The number of pyridine rings is 1. The monoisotopic (exact) mass is 287 g/mol. The number of rotatable bonds is 4. The lowest BCUT2D eigenvalue weighted by Crippen LogP contribution is -2.29. The summed E-state index contributed by atoms with van der Waals surface area (Å²) >= 11 is 6.18. The van der Waals surface area contributed by atoms with Gasteiger partial charge in [0.2, 0.25) is 0 Å². The number of nitrogens with two attached hydrogens (primary N) is 1. The number of hydrazine groups is 1. The van der Waals surface area contributed by atoms with Gasteiger partial charge < -0.3 is 0 Å². The lowest BCUT2D eigenvalue weighted by Gasteiger charge is -2.18. The second-order valence-electron chi connectivity index (χ2n) is 5.27. The molecule has 1 unspecified atom stereocenters. The molecule has 0 radical (unpaired) electrons. The van der Waals surface area contributed by atoms with Crippen LogP contribution in [0.15, 0.2) is 36.7 Å². The molecule has 0 bridgehead atoms. The summed E-state index contributed by atoms with van der Waals surface area (Å²) in [4.78, 5) is 4.01. The third kappa shape index (κ3) is 2.70. The highest BCUT2D eigenvalue weighted by atomic mass is 35.5. The minimum absolute atomic E-state index is 0.0702. The Morgan fingerprint density at radius 1 is 1.25 bits per heavy atom. The molecule has 1 atom stereocenters. The van der Waals surface area contributed by atoms with E-state index in [0.29, 0.717) is 5.02 Å². The fraction of sp³-hybridized carbons (Fsp3) is 0.312. The van der Waals surface area contributed by atoms with Crippen LogP contribution in [0.25, 0.3) is 0 Å². The zero-order chi connectivity index (χ0) is 13.9. The van der Waals surface area contributed by atoms with Crippen molar-refractivity contribution >= 4 is 11.6 Å². The highest BCUT2D eigenvalue weighted by Gasteiger charge is 2.16. The van der Waals surface area contributed by atoms with Gasteiger partial charge in [0.05, 0.1) is 11.1 Å². The number of hydrogen-bond acceptors (Lipinski definition) is 3. The topological polar surface area (TPSA) is 50.9 Å². The van der Waals surface area contributed by atoms with Crippen molar-refractivity contribution in [1.82, 2.24) is 10.4 Å². The molecule has 20 heavy (non-hydrogen) atoms. The lowest BCUT2D eigenvalue weighted by atomic mass is 9.97. The van der Waals surface area contributed by atoms with Crippen molar-refractivity contribution in [3.63, 3.8) is 0 Å². The maximum absolute atomic E-state index is 6.18. The summed E-state index contributed by atoms with van der Waals surface area (Å²) in [5.41, 5.74) is 8.13. The van der Waals surface area contributed by atoms with E-state index in [0.717, 1.165) is 12.0 Å². The van der Waals surface area contributed by atoms with Crippen LogP contribution in [0.5, 0.6) is 0 Å². The molecule has 4 heteroatoms. The molecule has 3 rings (SSSR count). The normalized spacial score (nSPS) is 15.1. The number of benzene rings is 1. The molecule has 0 aliphatic heterocycles. The predicted octanol–water partition coefficient (Wildman–Crippen LogP) is 2.97. The van der Waals surface area contributed by atoms with Crippen LogP contribution in [0.2, 0.25) is 5.02 Å². The maximum atomic E-state index is 6.18. The van der Waals surface area contributed by atoms with Gasteiger partial charge in [-0.15, -0.1) is 0 Å². The van der Waals surface area contributed by atoms with E-state index in [1.165, 1.54) is 36.0 Å². The molecule has 0 spiro atoms. The van der Waals surface area contributed by atoms with Gasteiger partial charge in [0.15, 0.2) is 0 Å². The molecule has 3 N–H and O–H groups in total. The SMILES string of the molecule is NNC(Cc1ccncc1Cl)c1ccc2c(c1)CCC2. The van der Waals surface area contributed by atoms with Crippen molar-refractivity contribution in [3.8, 4) is 0 Å². The number of nitrogens with one attached hydrogen (secondary N) is 1. The lowest BCUT2D eigenvalue weighted by molar-refractivity contribution is 0.551. The van der Waals surface area contributed by atoms with Crippen LogP contribution in [-0.2, 0) is 19.3 Å². The summed E-state index contributed by atoms with van der Waals surface area (Å²) in [6.07, 6.45) is 7.83. The second kappa shape index (κ2) is 5.92. The average molecular weight is 288 g/mol.